The molecule has 2 amide bonds. The fourth-order valence-electron chi connectivity index (χ4n) is 1.80. The summed E-state index contributed by atoms with van der Waals surface area (Å²) in [5.74, 6) is -0.473. The molecule has 2 rings (SSSR count). The van der Waals surface area contributed by atoms with Crippen molar-refractivity contribution in [3.8, 4) is 0 Å². The number of halogens is 1. The van der Waals surface area contributed by atoms with E-state index in [-0.39, 0.29) is 24.7 Å². The highest BCUT2D eigenvalue weighted by Crippen LogP contribution is 2.17. The number of amides is 2. The predicted molar refractivity (Wildman–Crippen MR) is 102 cm³/mol. The molecule has 5 nitrogen and oxygen atoms in total. The minimum absolute atomic E-state index is 0.0943. The molecule has 0 fully saturated rings. The number of hydrogen-bond donors (Lipinski definition) is 2. The Hall–Kier alpha value is -1.74. The van der Waals surface area contributed by atoms with E-state index in [0.717, 1.165) is 19.7 Å². The number of nitrogens with one attached hydrogen (secondary N) is 2. The molecule has 0 saturated heterocycles. The standard InChI is InChI=1S/C16H16IN3O2S/c1-11-9-12(17)4-5-14(11)19-15(21)6-7-16(22)20-18-10-13-3-2-8-23-13/h2-5,8-10H,6-7H2,1H3,(H,19,21)(H,20,22)/b18-10-. The topological polar surface area (TPSA) is 70.6 Å². The SMILES string of the molecule is Cc1cc(I)ccc1NC(=O)CCC(=O)N/N=C\c1cccs1. The molecule has 0 aliphatic rings. The summed E-state index contributed by atoms with van der Waals surface area (Å²) in [5.41, 5.74) is 4.18. The summed E-state index contributed by atoms with van der Waals surface area (Å²) in [6.45, 7) is 1.93. The van der Waals surface area contributed by atoms with Gasteiger partial charge in [-0.25, -0.2) is 5.43 Å². The Bertz CT molecular complexity index is 714. The van der Waals surface area contributed by atoms with Crippen LogP contribution in [-0.4, -0.2) is 18.0 Å². The predicted octanol–water partition coefficient (Wildman–Crippen LogP) is 3.53. The second kappa shape index (κ2) is 8.78. The molecule has 0 aliphatic carbocycles. The molecule has 0 radical (unpaired) electrons. The Kier molecular flexibility index (Phi) is 6.72. The number of hydrazone groups is 1. The van der Waals surface area contributed by atoms with Crippen molar-refractivity contribution < 1.29 is 9.59 Å². The average Bonchev–Trinajstić information content (AvgIpc) is 3.01. The molecule has 0 bridgehead atoms. The first-order chi connectivity index (χ1) is 11.0. The molecule has 0 spiro atoms. The van der Waals surface area contributed by atoms with Crippen LogP contribution in [0, 0.1) is 10.5 Å². The van der Waals surface area contributed by atoms with Crippen LogP contribution < -0.4 is 10.7 Å². The van der Waals surface area contributed by atoms with E-state index in [1.807, 2.05) is 42.6 Å². The molecule has 7 heteroatoms. The number of carbonyl (C=O) groups is 2. The summed E-state index contributed by atoms with van der Waals surface area (Å²) >= 11 is 3.75. The van der Waals surface area contributed by atoms with Crippen molar-refractivity contribution in [1.29, 1.82) is 0 Å². The van der Waals surface area contributed by atoms with Crippen LogP contribution in [0.15, 0.2) is 40.8 Å². The van der Waals surface area contributed by atoms with Crippen molar-refractivity contribution >= 4 is 57.6 Å². The van der Waals surface area contributed by atoms with Gasteiger partial charge < -0.3 is 5.32 Å². The first-order valence-electron chi connectivity index (χ1n) is 6.96. The summed E-state index contributed by atoms with van der Waals surface area (Å²) in [6, 6.07) is 9.58. The highest BCUT2D eigenvalue weighted by molar-refractivity contribution is 14.1. The Balaban J connectivity index is 1.74. The zero-order valence-corrected chi connectivity index (χ0v) is 15.5. The van der Waals surface area contributed by atoms with Crippen LogP contribution in [0.1, 0.15) is 23.3 Å². The van der Waals surface area contributed by atoms with Crippen LogP contribution in [0.4, 0.5) is 5.69 Å². The smallest absolute Gasteiger partial charge is 0.240 e. The van der Waals surface area contributed by atoms with E-state index in [9.17, 15) is 9.59 Å². The van der Waals surface area contributed by atoms with Gasteiger partial charge in [0.2, 0.25) is 11.8 Å². The summed E-state index contributed by atoms with van der Waals surface area (Å²) in [7, 11) is 0. The first-order valence-corrected chi connectivity index (χ1v) is 8.92. The number of carbonyl (C=O) groups excluding carboxylic acids is 2. The maximum atomic E-state index is 11.9. The number of benzene rings is 1. The van der Waals surface area contributed by atoms with Crippen molar-refractivity contribution in [3.05, 3.63) is 49.7 Å². The van der Waals surface area contributed by atoms with Crippen LogP contribution in [0.25, 0.3) is 0 Å². The van der Waals surface area contributed by atoms with Crippen molar-refractivity contribution in [2.75, 3.05) is 5.32 Å². The van der Waals surface area contributed by atoms with Crippen LogP contribution in [0.3, 0.4) is 0 Å². The highest BCUT2D eigenvalue weighted by Gasteiger charge is 2.08. The Labute approximate surface area is 152 Å². The van der Waals surface area contributed by atoms with Crippen molar-refractivity contribution in [2.45, 2.75) is 19.8 Å². The van der Waals surface area contributed by atoms with Gasteiger partial charge in [0.25, 0.3) is 0 Å². The highest BCUT2D eigenvalue weighted by atomic mass is 127. The molecule has 120 valence electrons. The van der Waals surface area contributed by atoms with Gasteiger partial charge in [0.05, 0.1) is 6.21 Å². The van der Waals surface area contributed by atoms with Crippen LogP contribution in [-0.2, 0) is 9.59 Å². The fourth-order valence-corrected chi connectivity index (χ4v) is 3.03. The van der Waals surface area contributed by atoms with Crippen molar-refractivity contribution in [2.24, 2.45) is 5.10 Å². The van der Waals surface area contributed by atoms with Gasteiger partial charge in [-0.3, -0.25) is 9.59 Å². The summed E-state index contributed by atoms with van der Waals surface area (Å²) in [4.78, 5) is 24.5. The lowest BCUT2D eigenvalue weighted by Gasteiger charge is -2.08. The lowest BCUT2D eigenvalue weighted by Crippen LogP contribution is -2.20. The summed E-state index contributed by atoms with van der Waals surface area (Å²) < 4.78 is 1.11. The molecular formula is C16H16IN3O2S. The largest absolute Gasteiger partial charge is 0.326 e. The zero-order valence-electron chi connectivity index (χ0n) is 12.5. The molecular weight excluding hydrogens is 425 g/mol. The average molecular weight is 441 g/mol. The van der Waals surface area contributed by atoms with Gasteiger partial charge in [-0.1, -0.05) is 6.07 Å². The molecule has 1 heterocycles. The Morgan fingerprint density at radius 1 is 1.26 bits per heavy atom. The number of rotatable bonds is 6. The third-order valence-corrected chi connectivity index (χ3v) is 4.44. The summed E-state index contributed by atoms with van der Waals surface area (Å²) in [5, 5.41) is 8.60. The monoisotopic (exact) mass is 441 g/mol. The zero-order chi connectivity index (χ0) is 16.7. The second-order valence-electron chi connectivity index (χ2n) is 4.82. The molecule has 2 aromatic rings. The van der Waals surface area contributed by atoms with Gasteiger partial charge in [0.15, 0.2) is 0 Å². The Morgan fingerprint density at radius 3 is 2.74 bits per heavy atom. The third kappa shape index (κ3) is 6.11. The van der Waals surface area contributed by atoms with E-state index >= 15 is 0 Å². The molecule has 2 N–H and O–H groups in total. The minimum Gasteiger partial charge on any atom is -0.326 e. The normalized spacial score (nSPS) is 10.7. The van der Waals surface area contributed by atoms with E-state index in [4.69, 9.17) is 0 Å². The van der Waals surface area contributed by atoms with E-state index in [1.54, 1.807) is 6.21 Å². The van der Waals surface area contributed by atoms with Gasteiger partial charge in [-0.2, -0.15) is 5.10 Å². The quantitative estimate of drug-likeness (QED) is 0.409. The number of thiophene rings is 1. The second-order valence-corrected chi connectivity index (χ2v) is 7.04. The van der Waals surface area contributed by atoms with E-state index in [2.05, 4.69) is 38.4 Å². The third-order valence-electron chi connectivity index (χ3n) is 2.97. The summed E-state index contributed by atoms with van der Waals surface area (Å²) in [6.07, 6.45) is 1.79. The maximum absolute atomic E-state index is 11.9. The molecule has 0 atom stereocenters. The maximum Gasteiger partial charge on any atom is 0.240 e. The lowest BCUT2D eigenvalue weighted by molar-refractivity contribution is -0.124. The van der Waals surface area contributed by atoms with Crippen molar-refractivity contribution in [3.63, 3.8) is 0 Å². The molecule has 0 unspecified atom stereocenters. The molecule has 0 saturated carbocycles. The molecule has 1 aromatic carbocycles. The first kappa shape index (κ1) is 17.6. The number of aryl methyl sites for hydroxylation is 1. The van der Waals surface area contributed by atoms with E-state index in [0.29, 0.717) is 0 Å². The lowest BCUT2D eigenvalue weighted by atomic mass is 10.2. The minimum atomic E-state index is -0.285. The van der Waals surface area contributed by atoms with Gasteiger partial charge in [-0.05, 0) is 64.7 Å². The van der Waals surface area contributed by atoms with Crippen LogP contribution in [0.2, 0.25) is 0 Å². The Morgan fingerprint density at radius 2 is 2.04 bits per heavy atom. The van der Waals surface area contributed by atoms with E-state index in [1.165, 1.54) is 11.3 Å². The van der Waals surface area contributed by atoms with Crippen LogP contribution in [0.5, 0.6) is 0 Å². The van der Waals surface area contributed by atoms with Gasteiger partial charge >= 0.3 is 0 Å². The van der Waals surface area contributed by atoms with Crippen molar-refractivity contribution in [1.82, 2.24) is 5.43 Å². The van der Waals surface area contributed by atoms with Crippen LogP contribution >= 0.6 is 33.9 Å². The number of anilines is 1. The van der Waals surface area contributed by atoms with Gasteiger partial charge in [-0.15, -0.1) is 11.3 Å². The van der Waals surface area contributed by atoms with Gasteiger partial charge in [0.1, 0.15) is 0 Å². The fraction of sp³-hybridized carbons (Fsp3) is 0.188. The molecule has 0 aliphatic heterocycles. The molecule has 1 aromatic heterocycles. The number of nitrogens with zero attached hydrogens (tertiary/aromatic N) is 1. The number of hydrogen-bond acceptors (Lipinski definition) is 4. The van der Waals surface area contributed by atoms with Gasteiger partial charge in [0, 0.05) is 27.0 Å². The van der Waals surface area contributed by atoms with E-state index < -0.39 is 0 Å². The molecule has 23 heavy (non-hydrogen) atoms.